The van der Waals surface area contributed by atoms with Crippen molar-refractivity contribution in [2.24, 2.45) is 0 Å². The van der Waals surface area contributed by atoms with Gasteiger partial charge in [0.15, 0.2) is 0 Å². The topological polar surface area (TPSA) is 59.0 Å². The van der Waals surface area contributed by atoms with Crippen molar-refractivity contribution in [1.82, 2.24) is 20.4 Å². The lowest BCUT2D eigenvalue weighted by atomic mass is 9.99. The van der Waals surface area contributed by atoms with Gasteiger partial charge in [0.1, 0.15) is 11.5 Å². The first-order valence-corrected chi connectivity index (χ1v) is 8.48. The number of nitrogens with one attached hydrogen (secondary N) is 2. The molecule has 2 saturated heterocycles. The molecule has 2 unspecified atom stereocenters. The molecule has 7 heteroatoms. The van der Waals surface area contributed by atoms with Crippen molar-refractivity contribution in [2.75, 3.05) is 0 Å². The quantitative estimate of drug-likeness (QED) is 0.880. The Morgan fingerprint density at radius 2 is 1.96 bits per heavy atom. The number of rotatable bonds is 3. The van der Waals surface area contributed by atoms with Crippen LogP contribution >= 0.6 is 12.4 Å². The summed E-state index contributed by atoms with van der Waals surface area (Å²) in [5.41, 5.74) is 1.51. The van der Waals surface area contributed by atoms with Gasteiger partial charge in [0.05, 0.1) is 17.5 Å². The minimum Gasteiger partial charge on any atom is -0.349 e. The van der Waals surface area contributed by atoms with Crippen molar-refractivity contribution in [3.8, 4) is 5.69 Å². The summed E-state index contributed by atoms with van der Waals surface area (Å²) in [6.07, 6.45) is 5.86. The van der Waals surface area contributed by atoms with E-state index < -0.39 is 0 Å². The Morgan fingerprint density at radius 1 is 1.28 bits per heavy atom. The van der Waals surface area contributed by atoms with E-state index in [2.05, 4.69) is 15.7 Å². The lowest BCUT2D eigenvalue weighted by molar-refractivity contribution is 0.0923. The van der Waals surface area contributed by atoms with Gasteiger partial charge in [-0.3, -0.25) is 4.79 Å². The minimum absolute atomic E-state index is 0. The molecule has 2 atom stereocenters. The highest BCUT2D eigenvalue weighted by atomic mass is 35.5. The molecule has 2 aromatic rings. The Kier molecular flexibility index (Phi) is 5.11. The summed E-state index contributed by atoms with van der Waals surface area (Å²) in [5.74, 6) is -0.480. The van der Waals surface area contributed by atoms with E-state index >= 15 is 0 Å². The third-order valence-corrected chi connectivity index (χ3v) is 5.14. The maximum Gasteiger partial charge on any atom is 0.254 e. The van der Waals surface area contributed by atoms with Crippen LogP contribution in [0.5, 0.6) is 0 Å². The van der Waals surface area contributed by atoms with Gasteiger partial charge in [-0.25, -0.2) is 9.07 Å². The fraction of sp³-hybridized carbons (Fsp3) is 0.444. The molecule has 2 N–H and O–H groups in total. The third kappa shape index (κ3) is 3.41. The normalized spacial score (nSPS) is 24.6. The number of piperidine rings is 1. The molecule has 3 heterocycles. The molecule has 1 aromatic heterocycles. The fourth-order valence-electron chi connectivity index (χ4n) is 3.94. The molecule has 5 nitrogen and oxygen atoms in total. The average molecular weight is 365 g/mol. The molecule has 134 valence electrons. The van der Waals surface area contributed by atoms with Gasteiger partial charge < -0.3 is 10.6 Å². The largest absolute Gasteiger partial charge is 0.349 e. The molecule has 0 radical (unpaired) electrons. The first-order chi connectivity index (χ1) is 11.6. The number of aromatic nitrogens is 2. The number of carbonyl (C=O) groups is 1. The Morgan fingerprint density at radius 3 is 2.64 bits per heavy atom. The number of para-hydroxylation sites is 1. The molecular formula is C18H22ClFN4O. The van der Waals surface area contributed by atoms with E-state index in [-0.39, 0.29) is 30.2 Å². The van der Waals surface area contributed by atoms with E-state index in [1.54, 1.807) is 25.1 Å². The van der Waals surface area contributed by atoms with Crippen molar-refractivity contribution < 1.29 is 9.18 Å². The van der Waals surface area contributed by atoms with Crippen molar-refractivity contribution in [3.05, 3.63) is 47.5 Å². The van der Waals surface area contributed by atoms with Crippen molar-refractivity contribution in [3.63, 3.8) is 0 Å². The highest BCUT2D eigenvalue weighted by molar-refractivity contribution is 5.95. The molecular weight excluding hydrogens is 343 g/mol. The number of benzene rings is 1. The van der Waals surface area contributed by atoms with E-state index in [1.807, 2.05) is 0 Å². The van der Waals surface area contributed by atoms with Gasteiger partial charge >= 0.3 is 0 Å². The van der Waals surface area contributed by atoms with Crippen LogP contribution in [-0.4, -0.2) is 33.8 Å². The molecule has 1 amide bonds. The number of nitrogens with zero attached hydrogens (tertiary/aromatic N) is 2. The lowest BCUT2D eigenvalue weighted by Gasteiger charge is -2.29. The van der Waals surface area contributed by atoms with Crippen LogP contribution < -0.4 is 10.6 Å². The lowest BCUT2D eigenvalue weighted by Crippen LogP contribution is -2.48. The fourth-order valence-corrected chi connectivity index (χ4v) is 3.94. The van der Waals surface area contributed by atoms with Crippen LogP contribution in [0.15, 0.2) is 30.5 Å². The molecule has 2 aliphatic heterocycles. The predicted octanol–water partition coefficient (Wildman–Crippen LogP) is 2.75. The summed E-state index contributed by atoms with van der Waals surface area (Å²) < 4.78 is 15.4. The molecule has 0 saturated carbocycles. The zero-order valence-corrected chi connectivity index (χ0v) is 14.9. The van der Waals surface area contributed by atoms with Crippen LogP contribution in [0.3, 0.4) is 0 Å². The van der Waals surface area contributed by atoms with E-state index in [0.29, 0.717) is 29.0 Å². The molecule has 25 heavy (non-hydrogen) atoms. The van der Waals surface area contributed by atoms with Gasteiger partial charge in [-0.15, -0.1) is 12.4 Å². The summed E-state index contributed by atoms with van der Waals surface area (Å²) in [7, 11) is 0. The maximum absolute atomic E-state index is 14.0. The van der Waals surface area contributed by atoms with Gasteiger partial charge in [-0.1, -0.05) is 12.1 Å². The van der Waals surface area contributed by atoms with Crippen molar-refractivity contribution in [1.29, 1.82) is 0 Å². The van der Waals surface area contributed by atoms with Gasteiger partial charge in [0.25, 0.3) is 5.91 Å². The second-order valence-electron chi connectivity index (χ2n) is 6.79. The highest BCUT2D eigenvalue weighted by Gasteiger charge is 2.34. The second kappa shape index (κ2) is 7.14. The van der Waals surface area contributed by atoms with E-state index in [9.17, 15) is 9.18 Å². The molecule has 2 aliphatic rings. The Balaban J connectivity index is 0.00000182. The molecule has 1 aromatic carbocycles. The summed E-state index contributed by atoms with van der Waals surface area (Å²) >= 11 is 0. The monoisotopic (exact) mass is 364 g/mol. The van der Waals surface area contributed by atoms with Gasteiger partial charge in [-0.2, -0.15) is 5.10 Å². The number of fused-ring (bicyclic) bond motifs is 2. The van der Waals surface area contributed by atoms with Crippen LogP contribution in [0.2, 0.25) is 0 Å². The van der Waals surface area contributed by atoms with Crippen LogP contribution in [-0.2, 0) is 0 Å². The Bertz CT molecular complexity index is 766. The van der Waals surface area contributed by atoms with Crippen molar-refractivity contribution in [2.45, 2.75) is 50.7 Å². The Hall–Kier alpha value is -1.92. The first-order valence-electron chi connectivity index (χ1n) is 8.48. The second-order valence-corrected chi connectivity index (χ2v) is 6.79. The van der Waals surface area contributed by atoms with Crippen molar-refractivity contribution >= 4 is 18.3 Å². The third-order valence-electron chi connectivity index (χ3n) is 5.14. The van der Waals surface area contributed by atoms with E-state index in [0.717, 1.165) is 12.8 Å². The first kappa shape index (κ1) is 17.9. The molecule has 2 bridgehead atoms. The Labute approximate surface area is 152 Å². The van der Waals surface area contributed by atoms with Crippen LogP contribution in [0.1, 0.15) is 41.7 Å². The standard InChI is InChI=1S/C18H21FN4O.ClH/c1-11-15(10-20-23(11)17-5-3-2-4-16(17)19)18(24)22-14-8-12-6-7-13(9-14)21-12;/h2-5,10,12-14,21H,6-9H2,1H3,(H,22,24);1H. The number of hydrogen-bond acceptors (Lipinski definition) is 3. The van der Waals surface area contributed by atoms with Crippen LogP contribution in [0, 0.1) is 12.7 Å². The highest BCUT2D eigenvalue weighted by Crippen LogP contribution is 2.27. The summed E-state index contributed by atoms with van der Waals surface area (Å²) in [4.78, 5) is 12.6. The average Bonchev–Trinajstić information content (AvgIpc) is 3.10. The van der Waals surface area contributed by atoms with Gasteiger partial charge in [0.2, 0.25) is 0 Å². The van der Waals surface area contributed by atoms with Gasteiger partial charge in [-0.05, 0) is 44.7 Å². The van der Waals surface area contributed by atoms with E-state index in [1.165, 1.54) is 29.8 Å². The molecule has 0 aliphatic carbocycles. The zero-order chi connectivity index (χ0) is 16.7. The van der Waals surface area contributed by atoms with E-state index in [4.69, 9.17) is 0 Å². The number of hydrogen-bond donors (Lipinski definition) is 2. The minimum atomic E-state index is -0.356. The maximum atomic E-state index is 14.0. The summed E-state index contributed by atoms with van der Waals surface area (Å²) in [6.45, 7) is 1.79. The number of amides is 1. The number of carbonyl (C=O) groups excluding carboxylic acids is 1. The van der Waals surface area contributed by atoms with Crippen LogP contribution in [0.25, 0.3) is 5.69 Å². The van der Waals surface area contributed by atoms with Gasteiger partial charge in [0, 0.05) is 18.1 Å². The molecule has 4 rings (SSSR count). The zero-order valence-electron chi connectivity index (χ0n) is 14.0. The SMILES string of the molecule is Cc1c(C(=O)NC2CC3CCC(C2)N3)cnn1-c1ccccc1F.Cl. The van der Waals surface area contributed by atoms with Crippen LogP contribution in [0.4, 0.5) is 4.39 Å². The smallest absolute Gasteiger partial charge is 0.254 e. The summed E-state index contributed by atoms with van der Waals surface area (Å²) in [5, 5.41) is 10.9. The number of halogens is 2. The predicted molar refractivity (Wildman–Crippen MR) is 95.9 cm³/mol. The summed E-state index contributed by atoms with van der Waals surface area (Å²) in [6, 6.07) is 7.68. The molecule has 2 fully saturated rings. The molecule has 0 spiro atoms.